The van der Waals surface area contributed by atoms with Gasteiger partial charge in [0, 0.05) is 23.8 Å². The summed E-state index contributed by atoms with van der Waals surface area (Å²) in [4.78, 5) is 30.9. The number of aliphatic hydroxyl groups is 1. The number of phenols is 1. The van der Waals surface area contributed by atoms with Gasteiger partial charge in [-0.1, -0.05) is 12.1 Å². The Morgan fingerprint density at radius 3 is 2.69 bits per heavy atom. The van der Waals surface area contributed by atoms with Crippen molar-refractivity contribution in [3.8, 4) is 11.5 Å². The van der Waals surface area contributed by atoms with Crippen molar-refractivity contribution in [2.45, 2.75) is 67.7 Å². The first kappa shape index (κ1) is 21.0. The maximum atomic E-state index is 13.6. The number of ether oxygens (including phenoxy) is 1. The van der Waals surface area contributed by atoms with Gasteiger partial charge in [-0.05, 0) is 74.8 Å². The molecule has 2 unspecified atom stereocenters. The number of rotatable bonds is 3. The molecule has 0 radical (unpaired) electrons. The number of likely N-dealkylation sites (tertiary alicyclic amines) is 1. The van der Waals surface area contributed by atoms with Crippen molar-refractivity contribution in [2.24, 2.45) is 5.92 Å². The van der Waals surface area contributed by atoms with Crippen LogP contribution in [-0.4, -0.2) is 68.7 Å². The molecule has 186 valence electrons. The molecular formula is C28H29N3O5. The van der Waals surface area contributed by atoms with Crippen molar-refractivity contribution >= 4 is 17.5 Å². The fourth-order valence-electron chi connectivity index (χ4n) is 8.35. The van der Waals surface area contributed by atoms with Crippen LogP contribution in [0, 0.1) is 5.92 Å². The molecular weight excluding hydrogens is 458 g/mol. The van der Waals surface area contributed by atoms with E-state index in [1.54, 1.807) is 24.3 Å². The number of carbonyl (C=O) groups is 2. The number of nitrogen functional groups attached to an aromatic ring is 1. The minimum Gasteiger partial charge on any atom is -0.504 e. The fourth-order valence-corrected chi connectivity index (χ4v) is 8.35. The van der Waals surface area contributed by atoms with Crippen LogP contribution in [0.3, 0.4) is 0 Å². The number of carbonyl (C=O) groups excluding carboxylic acids is 2. The number of imide groups is 1. The third-order valence-electron chi connectivity index (χ3n) is 10.0. The van der Waals surface area contributed by atoms with Gasteiger partial charge in [0.2, 0.25) is 0 Å². The standard InChI is InChI=1S/C28H29N3O5/c29-17-3-1-2-16-21(17)26(34)31(25(16)33)18-8-9-28(35)20-12-15-6-7-19(32)23-22(15)27(28,24(18)36-23)10-11-30(20)13-14-4-5-14/h1-3,6-7,14,18,20,24,32,35H,4-5,8-13,29H2/t18?,20-,24?,27+,28-/m1/s1. The largest absolute Gasteiger partial charge is 0.504 e. The van der Waals surface area contributed by atoms with Gasteiger partial charge in [-0.25, -0.2) is 0 Å². The molecule has 8 heteroatoms. The highest BCUT2D eigenvalue weighted by atomic mass is 16.5. The van der Waals surface area contributed by atoms with E-state index in [4.69, 9.17) is 10.5 Å². The molecule has 3 aliphatic heterocycles. The van der Waals surface area contributed by atoms with Crippen molar-refractivity contribution in [3.05, 3.63) is 52.6 Å². The number of anilines is 1. The molecule has 1 saturated heterocycles. The van der Waals surface area contributed by atoms with Gasteiger partial charge in [0.15, 0.2) is 11.5 Å². The Labute approximate surface area is 208 Å². The van der Waals surface area contributed by atoms with Gasteiger partial charge >= 0.3 is 0 Å². The second kappa shape index (κ2) is 6.61. The number of amides is 2. The van der Waals surface area contributed by atoms with Crippen LogP contribution in [0.25, 0.3) is 0 Å². The maximum absolute atomic E-state index is 13.6. The smallest absolute Gasteiger partial charge is 0.264 e. The van der Waals surface area contributed by atoms with Gasteiger partial charge in [0.25, 0.3) is 11.8 Å². The highest BCUT2D eigenvalue weighted by Gasteiger charge is 2.74. The molecule has 3 aliphatic carbocycles. The molecule has 6 aliphatic rings. The summed E-state index contributed by atoms with van der Waals surface area (Å²) in [6.45, 7) is 1.82. The molecule has 1 spiro atoms. The third kappa shape index (κ3) is 2.29. The Hall–Kier alpha value is -3.10. The molecule has 4 N–H and O–H groups in total. The summed E-state index contributed by atoms with van der Waals surface area (Å²) in [5.74, 6) is 0.395. The van der Waals surface area contributed by atoms with Gasteiger partial charge in [0.1, 0.15) is 6.10 Å². The lowest BCUT2D eigenvalue weighted by Gasteiger charge is -2.64. The molecule has 0 aromatic heterocycles. The lowest BCUT2D eigenvalue weighted by molar-refractivity contribution is -0.196. The molecule has 2 aromatic rings. The molecule has 3 heterocycles. The van der Waals surface area contributed by atoms with Crippen molar-refractivity contribution in [1.29, 1.82) is 0 Å². The van der Waals surface area contributed by atoms with Gasteiger partial charge in [-0.2, -0.15) is 0 Å². The topological polar surface area (TPSA) is 116 Å². The molecule has 2 saturated carbocycles. The van der Waals surface area contributed by atoms with E-state index in [1.165, 1.54) is 17.7 Å². The Kier molecular flexibility index (Phi) is 3.86. The normalized spacial score (nSPS) is 36.0. The minimum absolute atomic E-state index is 0.0455. The summed E-state index contributed by atoms with van der Waals surface area (Å²) < 4.78 is 6.55. The summed E-state index contributed by atoms with van der Waals surface area (Å²) in [6, 6.07) is 7.98. The highest BCUT2D eigenvalue weighted by Crippen LogP contribution is 2.66. The summed E-state index contributed by atoms with van der Waals surface area (Å²) in [5, 5.41) is 23.4. The molecule has 3 fully saturated rings. The first-order chi connectivity index (χ1) is 17.3. The lowest BCUT2D eigenvalue weighted by Crippen LogP contribution is -2.78. The Morgan fingerprint density at radius 1 is 1.08 bits per heavy atom. The van der Waals surface area contributed by atoms with E-state index in [2.05, 4.69) is 4.90 Å². The lowest BCUT2D eigenvalue weighted by atomic mass is 9.48. The van der Waals surface area contributed by atoms with E-state index >= 15 is 0 Å². The molecule has 2 amide bonds. The van der Waals surface area contributed by atoms with Crippen LogP contribution in [0.1, 0.15) is 63.9 Å². The quantitative estimate of drug-likeness (QED) is 0.449. The summed E-state index contributed by atoms with van der Waals surface area (Å²) in [5.41, 5.74) is 7.10. The summed E-state index contributed by atoms with van der Waals surface area (Å²) in [7, 11) is 0. The Balaban J connectivity index is 1.28. The average molecular weight is 488 g/mol. The summed E-state index contributed by atoms with van der Waals surface area (Å²) in [6.07, 6.45) is 4.12. The predicted molar refractivity (Wildman–Crippen MR) is 130 cm³/mol. The zero-order valence-corrected chi connectivity index (χ0v) is 19.9. The number of nitrogens with zero attached hydrogens (tertiary/aromatic N) is 2. The molecule has 8 rings (SSSR count). The van der Waals surface area contributed by atoms with Crippen molar-refractivity contribution in [2.75, 3.05) is 18.8 Å². The monoisotopic (exact) mass is 487 g/mol. The zero-order chi connectivity index (χ0) is 24.6. The van der Waals surface area contributed by atoms with Gasteiger partial charge in [0.05, 0.1) is 28.2 Å². The van der Waals surface area contributed by atoms with E-state index in [9.17, 15) is 19.8 Å². The number of aromatic hydroxyl groups is 1. The first-order valence-electron chi connectivity index (χ1n) is 13.1. The van der Waals surface area contributed by atoms with Crippen LogP contribution in [0.4, 0.5) is 5.69 Å². The second-order valence-electron chi connectivity index (χ2n) is 11.6. The molecule has 36 heavy (non-hydrogen) atoms. The SMILES string of the molecule is Nc1cccc2c1C(=O)N(C1CC[C@@]3(O)[C@H]4Cc5ccc(O)c6c5[C@@]3(CCN4CC3CC3)C1O6)C2=O. The van der Waals surface area contributed by atoms with E-state index in [1.807, 2.05) is 6.07 Å². The average Bonchev–Trinajstić information content (AvgIpc) is 3.54. The van der Waals surface area contributed by atoms with Gasteiger partial charge in [-0.3, -0.25) is 19.4 Å². The molecule has 5 atom stereocenters. The summed E-state index contributed by atoms with van der Waals surface area (Å²) >= 11 is 0. The minimum atomic E-state index is -1.06. The predicted octanol–water partition coefficient (Wildman–Crippen LogP) is 2.20. The van der Waals surface area contributed by atoms with Gasteiger partial charge < -0.3 is 20.7 Å². The maximum Gasteiger partial charge on any atom is 0.264 e. The molecule has 8 nitrogen and oxygen atoms in total. The van der Waals surface area contributed by atoms with Crippen LogP contribution < -0.4 is 10.5 Å². The van der Waals surface area contributed by atoms with Crippen LogP contribution >= 0.6 is 0 Å². The van der Waals surface area contributed by atoms with Crippen molar-refractivity contribution in [1.82, 2.24) is 9.80 Å². The van der Waals surface area contributed by atoms with Crippen LogP contribution in [0.15, 0.2) is 30.3 Å². The number of piperidine rings is 1. The number of phenolic OH excluding ortho intramolecular Hbond substituents is 1. The van der Waals surface area contributed by atoms with E-state index in [0.29, 0.717) is 48.6 Å². The van der Waals surface area contributed by atoms with Crippen molar-refractivity contribution < 1.29 is 24.5 Å². The number of nitrogens with two attached hydrogens (primary N) is 1. The second-order valence-corrected chi connectivity index (χ2v) is 11.6. The first-order valence-corrected chi connectivity index (χ1v) is 13.1. The third-order valence-corrected chi connectivity index (χ3v) is 10.0. The fraction of sp³-hybridized carbons (Fsp3) is 0.500. The van der Waals surface area contributed by atoms with Crippen molar-refractivity contribution in [3.63, 3.8) is 0 Å². The van der Waals surface area contributed by atoms with Crippen LogP contribution in [0.2, 0.25) is 0 Å². The van der Waals surface area contributed by atoms with Gasteiger partial charge in [-0.15, -0.1) is 0 Å². The van der Waals surface area contributed by atoms with E-state index < -0.39 is 29.1 Å². The molecule has 2 aromatic carbocycles. The van der Waals surface area contributed by atoms with E-state index in [-0.39, 0.29) is 23.3 Å². The van der Waals surface area contributed by atoms with Crippen LogP contribution in [0.5, 0.6) is 11.5 Å². The van der Waals surface area contributed by atoms with E-state index in [0.717, 1.165) is 24.2 Å². The number of hydrogen-bond acceptors (Lipinski definition) is 7. The number of fused-ring (bicyclic) bond motifs is 1. The molecule has 2 bridgehead atoms. The number of benzene rings is 2. The highest BCUT2D eigenvalue weighted by molar-refractivity contribution is 6.23. The van der Waals surface area contributed by atoms with Crippen LogP contribution in [-0.2, 0) is 11.8 Å². The number of hydrogen-bond donors (Lipinski definition) is 3. The Bertz CT molecular complexity index is 1370. The zero-order valence-electron chi connectivity index (χ0n) is 19.9. The Morgan fingerprint density at radius 2 is 1.92 bits per heavy atom.